The number of imidazole rings is 1. The molecule has 0 spiro atoms. The minimum absolute atomic E-state index is 0.0343. The summed E-state index contributed by atoms with van der Waals surface area (Å²) in [7, 11) is 0. The van der Waals surface area contributed by atoms with Gasteiger partial charge < -0.3 is 14.6 Å². The summed E-state index contributed by atoms with van der Waals surface area (Å²) in [6.07, 6.45) is 2.71. The largest absolute Gasteiger partial charge is 0.492 e. The van der Waals surface area contributed by atoms with E-state index in [2.05, 4.69) is 11.1 Å². The lowest BCUT2D eigenvalue weighted by Crippen LogP contribution is -2.40. The van der Waals surface area contributed by atoms with Gasteiger partial charge in [-0.3, -0.25) is 4.79 Å². The van der Waals surface area contributed by atoms with Crippen molar-refractivity contribution in [1.29, 1.82) is 0 Å². The molecule has 5 rings (SSSR count). The molecule has 0 aliphatic carbocycles. The van der Waals surface area contributed by atoms with E-state index in [1.165, 1.54) is 0 Å². The SMILES string of the molecule is O=C([C@@H]1COc2ccccc2C1)N1CCC[C@@H]1c1nc2ccccc2[nH]1. The Balaban J connectivity index is 1.39. The maximum atomic E-state index is 13.2. The summed E-state index contributed by atoms with van der Waals surface area (Å²) >= 11 is 0. The number of para-hydroxylation sites is 3. The Bertz CT molecular complexity index is 932. The van der Waals surface area contributed by atoms with Crippen molar-refractivity contribution in [3.05, 3.63) is 59.9 Å². The molecule has 26 heavy (non-hydrogen) atoms. The number of amides is 1. The predicted molar refractivity (Wildman–Crippen MR) is 98.9 cm³/mol. The highest BCUT2D eigenvalue weighted by atomic mass is 16.5. The average Bonchev–Trinajstić information content (AvgIpc) is 3.33. The monoisotopic (exact) mass is 347 g/mol. The zero-order valence-electron chi connectivity index (χ0n) is 14.5. The smallest absolute Gasteiger partial charge is 0.230 e. The van der Waals surface area contributed by atoms with E-state index in [1.54, 1.807) is 0 Å². The van der Waals surface area contributed by atoms with Crippen molar-refractivity contribution in [2.24, 2.45) is 5.92 Å². The molecule has 1 N–H and O–H groups in total. The zero-order chi connectivity index (χ0) is 17.5. The molecule has 132 valence electrons. The van der Waals surface area contributed by atoms with Gasteiger partial charge in [0, 0.05) is 6.54 Å². The number of hydrogen-bond acceptors (Lipinski definition) is 3. The van der Waals surface area contributed by atoms with E-state index >= 15 is 0 Å². The summed E-state index contributed by atoms with van der Waals surface area (Å²) in [5.41, 5.74) is 3.10. The van der Waals surface area contributed by atoms with Crippen molar-refractivity contribution in [3.63, 3.8) is 0 Å². The van der Waals surface area contributed by atoms with E-state index in [-0.39, 0.29) is 17.9 Å². The van der Waals surface area contributed by atoms with Gasteiger partial charge in [-0.2, -0.15) is 0 Å². The molecule has 0 radical (unpaired) electrons. The number of benzene rings is 2. The summed E-state index contributed by atoms with van der Waals surface area (Å²) < 4.78 is 5.83. The molecule has 2 aromatic carbocycles. The number of rotatable bonds is 2. The van der Waals surface area contributed by atoms with Gasteiger partial charge in [0.25, 0.3) is 0 Å². The second kappa shape index (κ2) is 6.16. The lowest BCUT2D eigenvalue weighted by Gasteiger charge is -2.30. The molecule has 1 saturated heterocycles. The van der Waals surface area contributed by atoms with Crippen molar-refractivity contribution in [1.82, 2.24) is 14.9 Å². The topological polar surface area (TPSA) is 58.2 Å². The number of H-pyrrole nitrogens is 1. The van der Waals surface area contributed by atoms with Crippen molar-refractivity contribution in [3.8, 4) is 5.75 Å². The van der Waals surface area contributed by atoms with E-state index in [1.807, 2.05) is 47.4 Å². The number of likely N-dealkylation sites (tertiary alicyclic amines) is 1. The second-order valence-electron chi connectivity index (χ2n) is 7.15. The third kappa shape index (κ3) is 2.55. The summed E-state index contributed by atoms with van der Waals surface area (Å²) in [6, 6.07) is 16.0. The van der Waals surface area contributed by atoms with E-state index in [0.717, 1.165) is 54.0 Å². The first-order chi connectivity index (χ1) is 12.8. The number of ether oxygens (including phenoxy) is 1. The molecule has 2 aliphatic heterocycles. The van der Waals surface area contributed by atoms with E-state index < -0.39 is 0 Å². The molecule has 3 aromatic rings. The quantitative estimate of drug-likeness (QED) is 0.772. The van der Waals surface area contributed by atoms with Crippen LogP contribution in [-0.4, -0.2) is 33.9 Å². The van der Waals surface area contributed by atoms with Crippen molar-refractivity contribution in [2.45, 2.75) is 25.3 Å². The molecule has 0 saturated carbocycles. The van der Waals surface area contributed by atoms with E-state index in [4.69, 9.17) is 9.72 Å². The summed E-state index contributed by atoms with van der Waals surface area (Å²) in [5.74, 6) is 1.87. The maximum Gasteiger partial charge on any atom is 0.230 e. The molecule has 1 amide bonds. The van der Waals surface area contributed by atoms with Gasteiger partial charge in [0.15, 0.2) is 0 Å². The van der Waals surface area contributed by atoms with Crippen LogP contribution in [0.25, 0.3) is 11.0 Å². The number of nitrogens with zero attached hydrogens (tertiary/aromatic N) is 2. The highest BCUT2D eigenvalue weighted by Gasteiger charge is 2.37. The van der Waals surface area contributed by atoms with Crippen LogP contribution in [0.1, 0.15) is 30.3 Å². The minimum Gasteiger partial charge on any atom is -0.492 e. The van der Waals surface area contributed by atoms with Crippen molar-refractivity contribution < 1.29 is 9.53 Å². The van der Waals surface area contributed by atoms with Gasteiger partial charge in [-0.1, -0.05) is 30.3 Å². The Morgan fingerprint density at radius 2 is 2.00 bits per heavy atom. The lowest BCUT2D eigenvalue weighted by molar-refractivity contribution is -0.138. The van der Waals surface area contributed by atoms with Gasteiger partial charge >= 0.3 is 0 Å². The fraction of sp³-hybridized carbons (Fsp3) is 0.333. The second-order valence-corrected chi connectivity index (χ2v) is 7.15. The number of carbonyl (C=O) groups is 1. The molecule has 0 unspecified atom stereocenters. The van der Waals surface area contributed by atoms with Gasteiger partial charge in [0.2, 0.25) is 5.91 Å². The predicted octanol–water partition coefficient (Wildman–Crippen LogP) is 3.48. The van der Waals surface area contributed by atoms with Crippen LogP contribution in [0, 0.1) is 5.92 Å². The first-order valence-corrected chi connectivity index (χ1v) is 9.25. The van der Waals surface area contributed by atoms with Gasteiger partial charge in [-0.15, -0.1) is 0 Å². The van der Waals surface area contributed by atoms with Crippen LogP contribution in [0.3, 0.4) is 0 Å². The molecule has 2 aliphatic rings. The summed E-state index contributed by atoms with van der Waals surface area (Å²) in [5, 5.41) is 0. The first kappa shape index (κ1) is 15.4. The maximum absolute atomic E-state index is 13.2. The summed E-state index contributed by atoms with van der Waals surface area (Å²) in [4.78, 5) is 23.3. The third-order valence-electron chi connectivity index (χ3n) is 5.49. The van der Waals surface area contributed by atoms with Crippen LogP contribution in [-0.2, 0) is 11.2 Å². The van der Waals surface area contributed by atoms with Crippen LogP contribution < -0.4 is 4.74 Å². The average molecular weight is 347 g/mol. The van der Waals surface area contributed by atoms with Crippen LogP contribution in [0.15, 0.2) is 48.5 Å². The number of aromatic amines is 1. The van der Waals surface area contributed by atoms with E-state index in [9.17, 15) is 4.79 Å². The minimum atomic E-state index is -0.116. The zero-order valence-corrected chi connectivity index (χ0v) is 14.5. The van der Waals surface area contributed by atoms with Gasteiger partial charge in [0.05, 0.1) is 23.0 Å². The molecule has 5 nitrogen and oxygen atoms in total. The molecular weight excluding hydrogens is 326 g/mol. The first-order valence-electron chi connectivity index (χ1n) is 9.25. The van der Waals surface area contributed by atoms with Gasteiger partial charge in [0.1, 0.15) is 18.2 Å². The molecule has 0 bridgehead atoms. The standard InChI is InChI=1S/C21H21N3O2/c25-21(15-12-14-6-1-4-10-19(14)26-13-15)24-11-5-9-18(24)20-22-16-7-2-3-8-17(16)23-20/h1-4,6-8,10,15,18H,5,9,11-13H2,(H,22,23)/t15-,18+/m0/s1. The Labute approximate surface area is 152 Å². The number of aromatic nitrogens is 2. The molecule has 5 heteroatoms. The highest BCUT2D eigenvalue weighted by Crippen LogP contribution is 2.35. The third-order valence-corrected chi connectivity index (χ3v) is 5.49. The van der Waals surface area contributed by atoms with Crippen LogP contribution in [0.2, 0.25) is 0 Å². The molecular formula is C21H21N3O2. The number of fused-ring (bicyclic) bond motifs is 2. The van der Waals surface area contributed by atoms with Gasteiger partial charge in [-0.25, -0.2) is 4.98 Å². The van der Waals surface area contributed by atoms with Crippen LogP contribution >= 0.6 is 0 Å². The fourth-order valence-corrected chi connectivity index (χ4v) is 4.17. The van der Waals surface area contributed by atoms with E-state index in [0.29, 0.717) is 6.61 Å². The number of carbonyl (C=O) groups excluding carboxylic acids is 1. The Morgan fingerprint density at radius 1 is 1.15 bits per heavy atom. The normalized spacial score (nSPS) is 22.2. The molecule has 3 heterocycles. The fourth-order valence-electron chi connectivity index (χ4n) is 4.17. The Kier molecular flexibility index (Phi) is 3.66. The molecule has 2 atom stereocenters. The Hall–Kier alpha value is -2.82. The Morgan fingerprint density at radius 3 is 2.92 bits per heavy atom. The van der Waals surface area contributed by atoms with Crippen LogP contribution in [0.4, 0.5) is 0 Å². The number of hydrogen-bond donors (Lipinski definition) is 1. The van der Waals surface area contributed by atoms with Crippen molar-refractivity contribution >= 4 is 16.9 Å². The summed E-state index contributed by atoms with van der Waals surface area (Å²) in [6.45, 7) is 1.25. The van der Waals surface area contributed by atoms with Gasteiger partial charge in [-0.05, 0) is 43.0 Å². The molecule has 1 fully saturated rings. The van der Waals surface area contributed by atoms with Crippen molar-refractivity contribution in [2.75, 3.05) is 13.2 Å². The number of nitrogens with one attached hydrogen (secondary N) is 1. The highest BCUT2D eigenvalue weighted by molar-refractivity contribution is 5.81. The molecule has 1 aromatic heterocycles. The van der Waals surface area contributed by atoms with Crippen LogP contribution in [0.5, 0.6) is 5.75 Å². The lowest BCUT2D eigenvalue weighted by atomic mass is 9.95.